The molecule has 0 saturated carbocycles. The predicted octanol–water partition coefficient (Wildman–Crippen LogP) is 1.19. The molecule has 2 aliphatic heterocycles. The number of para-hydroxylation sites is 1. The van der Waals surface area contributed by atoms with Crippen LogP contribution >= 0.6 is 0 Å². The summed E-state index contributed by atoms with van der Waals surface area (Å²) >= 11 is 0. The third kappa shape index (κ3) is 4.83. The first-order valence-corrected chi connectivity index (χ1v) is 10.1. The van der Waals surface area contributed by atoms with Gasteiger partial charge in [-0.15, -0.1) is 0 Å². The van der Waals surface area contributed by atoms with Gasteiger partial charge >= 0.3 is 0 Å². The monoisotopic (exact) mass is 389 g/mol. The van der Waals surface area contributed by atoms with Crippen LogP contribution in [0.5, 0.6) is 5.75 Å². The van der Waals surface area contributed by atoms with Gasteiger partial charge in [-0.2, -0.15) is 0 Å². The summed E-state index contributed by atoms with van der Waals surface area (Å²) in [4.78, 5) is 29.0. The number of amides is 2. The summed E-state index contributed by atoms with van der Waals surface area (Å²) in [5.74, 6) is 0.843. The highest BCUT2D eigenvalue weighted by atomic mass is 16.5. The zero-order chi connectivity index (χ0) is 20.1. The van der Waals surface area contributed by atoms with Crippen molar-refractivity contribution in [3.63, 3.8) is 0 Å². The van der Waals surface area contributed by atoms with Gasteiger partial charge < -0.3 is 25.0 Å². The molecule has 1 aromatic carbocycles. The number of rotatable bonds is 5. The van der Waals surface area contributed by atoms with E-state index in [-0.39, 0.29) is 17.7 Å². The molecule has 0 bridgehead atoms. The lowest BCUT2D eigenvalue weighted by molar-refractivity contribution is -0.145. The molecule has 7 heteroatoms. The van der Waals surface area contributed by atoms with Crippen LogP contribution in [-0.2, 0) is 14.3 Å². The maximum Gasteiger partial charge on any atom is 0.263 e. The van der Waals surface area contributed by atoms with E-state index in [1.54, 1.807) is 16.7 Å². The Kier molecular flexibility index (Phi) is 6.91. The van der Waals surface area contributed by atoms with E-state index < -0.39 is 12.1 Å². The first kappa shape index (κ1) is 20.6. The van der Waals surface area contributed by atoms with Crippen LogP contribution in [0.15, 0.2) is 24.3 Å². The van der Waals surface area contributed by atoms with Crippen molar-refractivity contribution in [1.82, 2.24) is 9.80 Å². The second-order valence-electron chi connectivity index (χ2n) is 7.65. The highest BCUT2D eigenvalue weighted by Gasteiger charge is 2.33. The Bertz CT molecular complexity index is 682. The van der Waals surface area contributed by atoms with Crippen molar-refractivity contribution in [2.45, 2.75) is 38.8 Å². The predicted molar refractivity (Wildman–Crippen MR) is 106 cm³/mol. The van der Waals surface area contributed by atoms with Crippen LogP contribution in [0.3, 0.4) is 0 Å². The van der Waals surface area contributed by atoms with Crippen LogP contribution < -0.4 is 10.5 Å². The van der Waals surface area contributed by atoms with Gasteiger partial charge in [-0.05, 0) is 44.2 Å². The topological polar surface area (TPSA) is 85.1 Å². The molecule has 7 nitrogen and oxygen atoms in total. The second-order valence-corrected chi connectivity index (χ2v) is 7.65. The fourth-order valence-corrected chi connectivity index (χ4v) is 3.82. The molecule has 2 fully saturated rings. The van der Waals surface area contributed by atoms with Gasteiger partial charge in [0.25, 0.3) is 5.91 Å². The summed E-state index contributed by atoms with van der Waals surface area (Å²) in [6.07, 6.45) is 1.10. The highest BCUT2D eigenvalue weighted by molar-refractivity contribution is 5.83. The van der Waals surface area contributed by atoms with E-state index in [0.717, 1.165) is 24.2 Å². The lowest BCUT2D eigenvalue weighted by Gasteiger charge is -2.38. The van der Waals surface area contributed by atoms with Crippen molar-refractivity contribution in [2.75, 3.05) is 39.4 Å². The molecule has 2 N–H and O–H groups in total. The van der Waals surface area contributed by atoms with E-state index in [9.17, 15) is 9.59 Å². The Morgan fingerprint density at radius 2 is 1.64 bits per heavy atom. The third-order valence-corrected chi connectivity index (χ3v) is 5.71. The number of ether oxygens (including phenoxy) is 2. The number of carbonyl (C=O) groups is 2. The normalized spacial score (nSPS) is 20.5. The lowest BCUT2D eigenvalue weighted by Crippen LogP contribution is -2.57. The molecule has 0 spiro atoms. The lowest BCUT2D eigenvalue weighted by atomic mass is 9.91. The minimum absolute atomic E-state index is 0.0109. The Morgan fingerprint density at radius 1 is 1.07 bits per heavy atom. The van der Waals surface area contributed by atoms with Gasteiger partial charge in [0.1, 0.15) is 5.75 Å². The molecule has 2 atom stereocenters. The quantitative estimate of drug-likeness (QED) is 0.818. The number of hydrogen-bond donors (Lipinski definition) is 1. The van der Waals surface area contributed by atoms with E-state index in [4.69, 9.17) is 15.2 Å². The van der Waals surface area contributed by atoms with Crippen LogP contribution in [0.2, 0.25) is 0 Å². The molecule has 0 radical (unpaired) electrons. The molecular formula is C21H31N3O4. The van der Waals surface area contributed by atoms with E-state index in [0.29, 0.717) is 39.4 Å². The van der Waals surface area contributed by atoms with Crippen molar-refractivity contribution >= 4 is 11.8 Å². The third-order valence-electron chi connectivity index (χ3n) is 5.71. The van der Waals surface area contributed by atoms with Gasteiger partial charge in [-0.1, -0.05) is 18.2 Å². The van der Waals surface area contributed by atoms with Gasteiger partial charge in [-0.25, -0.2) is 0 Å². The Morgan fingerprint density at radius 3 is 2.25 bits per heavy atom. The Hall–Kier alpha value is -2.12. The number of aryl methyl sites for hydroxylation is 1. The first-order chi connectivity index (χ1) is 13.5. The van der Waals surface area contributed by atoms with E-state index in [1.165, 1.54) is 0 Å². The zero-order valence-corrected chi connectivity index (χ0v) is 16.8. The number of nitrogens with zero attached hydrogens (tertiary/aromatic N) is 2. The summed E-state index contributed by atoms with van der Waals surface area (Å²) in [5.41, 5.74) is 7.22. The van der Waals surface area contributed by atoms with Gasteiger partial charge in [-0.3, -0.25) is 9.59 Å². The second kappa shape index (κ2) is 9.39. The van der Waals surface area contributed by atoms with E-state index >= 15 is 0 Å². The van der Waals surface area contributed by atoms with Gasteiger partial charge in [0.2, 0.25) is 5.91 Å². The molecule has 2 amide bonds. The van der Waals surface area contributed by atoms with E-state index in [1.807, 2.05) is 31.2 Å². The summed E-state index contributed by atoms with van der Waals surface area (Å²) in [6.45, 7) is 7.11. The van der Waals surface area contributed by atoms with Crippen molar-refractivity contribution < 1.29 is 19.1 Å². The molecule has 28 heavy (non-hydrogen) atoms. The molecule has 1 aromatic rings. The van der Waals surface area contributed by atoms with Crippen LogP contribution in [0.4, 0.5) is 0 Å². The fraction of sp³-hybridized carbons (Fsp3) is 0.619. The molecule has 0 aliphatic carbocycles. The smallest absolute Gasteiger partial charge is 0.263 e. The minimum Gasteiger partial charge on any atom is -0.481 e. The number of hydrogen-bond acceptors (Lipinski definition) is 5. The number of nitrogens with two attached hydrogens (primary N) is 1. The molecule has 0 aromatic heterocycles. The first-order valence-electron chi connectivity index (χ1n) is 10.1. The SMILES string of the molecule is Cc1ccccc1OC(C)C(=O)N1CCN(C(=O)C(N)C2CCOCC2)CC1. The van der Waals surface area contributed by atoms with Crippen LogP contribution in [-0.4, -0.2) is 73.2 Å². The van der Waals surface area contributed by atoms with Crippen molar-refractivity contribution in [1.29, 1.82) is 0 Å². The molecule has 3 rings (SSSR count). The van der Waals surface area contributed by atoms with Crippen molar-refractivity contribution in [3.8, 4) is 5.75 Å². The molecular weight excluding hydrogens is 358 g/mol. The fourth-order valence-electron chi connectivity index (χ4n) is 3.82. The largest absolute Gasteiger partial charge is 0.481 e. The zero-order valence-electron chi connectivity index (χ0n) is 16.8. The molecule has 2 aliphatic rings. The standard InChI is InChI=1S/C21H31N3O4/c1-15-5-3-4-6-18(15)28-16(2)20(25)23-9-11-24(12-10-23)21(26)19(22)17-7-13-27-14-8-17/h3-6,16-17,19H,7-14,22H2,1-2H3. The van der Waals surface area contributed by atoms with Crippen LogP contribution in [0, 0.1) is 12.8 Å². The van der Waals surface area contributed by atoms with Gasteiger partial charge in [0, 0.05) is 39.4 Å². The van der Waals surface area contributed by atoms with Crippen LogP contribution in [0.25, 0.3) is 0 Å². The molecule has 2 saturated heterocycles. The minimum atomic E-state index is -0.562. The maximum atomic E-state index is 12.7. The summed E-state index contributed by atoms with van der Waals surface area (Å²) in [5, 5.41) is 0. The van der Waals surface area contributed by atoms with Crippen molar-refractivity contribution in [2.24, 2.45) is 11.7 Å². The Labute approximate surface area is 166 Å². The van der Waals surface area contributed by atoms with Gasteiger partial charge in [0.15, 0.2) is 6.10 Å². The highest BCUT2D eigenvalue weighted by Crippen LogP contribution is 2.21. The Balaban J connectivity index is 1.49. The average Bonchev–Trinajstić information content (AvgIpc) is 2.74. The summed E-state index contributed by atoms with van der Waals surface area (Å²) < 4.78 is 11.2. The maximum absolute atomic E-state index is 12.7. The number of carbonyl (C=O) groups excluding carboxylic acids is 2. The molecule has 154 valence electrons. The number of piperazine rings is 1. The number of benzene rings is 1. The van der Waals surface area contributed by atoms with Crippen molar-refractivity contribution in [3.05, 3.63) is 29.8 Å². The summed E-state index contributed by atoms with van der Waals surface area (Å²) in [6, 6.07) is 7.18. The van der Waals surface area contributed by atoms with E-state index in [2.05, 4.69) is 0 Å². The summed E-state index contributed by atoms with van der Waals surface area (Å²) in [7, 11) is 0. The molecule has 2 heterocycles. The van der Waals surface area contributed by atoms with Crippen LogP contribution in [0.1, 0.15) is 25.3 Å². The molecule has 2 unspecified atom stereocenters. The average molecular weight is 389 g/mol. The van der Waals surface area contributed by atoms with Gasteiger partial charge in [0.05, 0.1) is 6.04 Å².